The van der Waals surface area contributed by atoms with Gasteiger partial charge in [-0.15, -0.1) is 11.3 Å². The summed E-state index contributed by atoms with van der Waals surface area (Å²) in [6, 6.07) is 15.6. The van der Waals surface area contributed by atoms with Crippen LogP contribution < -0.4 is 10.1 Å². The third-order valence-corrected chi connectivity index (χ3v) is 5.23. The van der Waals surface area contributed by atoms with Gasteiger partial charge in [0.2, 0.25) is 5.91 Å². The minimum atomic E-state index is -0.0644. The molecule has 0 radical (unpaired) electrons. The Bertz CT molecular complexity index is 1080. The molecule has 0 atom stereocenters. The Morgan fingerprint density at radius 2 is 1.89 bits per heavy atom. The van der Waals surface area contributed by atoms with Crippen LogP contribution in [0.3, 0.4) is 0 Å². The maximum atomic E-state index is 12.4. The number of fused-ring (bicyclic) bond motifs is 1. The fourth-order valence-electron chi connectivity index (χ4n) is 2.86. The van der Waals surface area contributed by atoms with E-state index in [1.54, 1.807) is 18.4 Å². The number of aromatic nitrogens is 2. The zero-order chi connectivity index (χ0) is 18.8. The molecule has 0 saturated carbocycles. The zero-order valence-electron chi connectivity index (χ0n) is 15.1. The van der Waals surface area contributed by atoms with Crippen LogP contribution in [0.5, 0.6) is 5.75 Å². The summed E-state index contributed by atoms with van der Waals surface area (Å²) in [7, 11) is 1.62. The Morgan fingerprint density at radius 1 is 1.15 bits per heavy atom. The molecule has 2 aromatic heterocycles. The molecule has 27 heavy (non-hydrogen) atoms. The summed E-state index contributed by atoms with van der Waals surface area (Å²) in [5.41, 5.74) is 4.88. The number of aryl methyl sites for hydroxylation is 1. The summed E-state index contributed by atoms with van der Waals surface area (Å²) in [5.74, 6) is 0.694. The lowest BCUT2D eigenvalue weighted by molar-refractivity contribution is -0.115. The first kappa shape index (κ1) is 17.3. The van der Waals surface area contributed by atoms with Crippen LogP contribution in [-0.2, 0) is 11.2 Å². The summed E-state index contributed by atoms with van der Waals surface area (Å²) < 4.78 is 7.12. The van der Waals surface area contributed by atoms with Gasteiger partial charge in [-0.1, -0.05) is 29.8 Å². The fourth-order valence-corrected chi connectivity index (χ4v) is 3.74. The van der Waals surface area contributed by atoms with Crippen molar-refractivity contribution in [2.75, 3.05) is 12.4 Å². The highest BCUT2D eigenvalue weighted by atomic mass is 32.1. The molecule has 0 unspecified atom stereocenters. The molecule has 136 valence electrons. The van der Waals surface area contributed by atoms with Crippen LogP contribution in [-0.4, -0.2) is 22.4 Å². The quantitative estimate of drug-likeness (QED) is 0.555. The first-order valence-electron chi connectivity index (χ1n) is 8.59. The van der Waals surface area contributed by atoms with Crippen molar-refractivity contribution in [3.8, 4) is 17.0 Å². The van der Waals surface area contributed by atoms with E-state index in [2.05, 4.69) is 41.5 Å². The number of nitrogens with one attached hydrogen (secondary N) is 1. The standard InChI is InChI=1S/C21H19N3O2S/c1-14-3-5-15(6-4-14)19-12-24-17(13-27-21(24)23-19)11-20(25)22-16-7-9-18(26-2)10-8-16/h3-10,12-13H,11H2,1-2H3,(H,22,25). The van der Waals surface area contributed by atoms with E-state index in [-0.39, 0.29) is 12.3 Å². The molecule has 0 fully saturated rings. The molecule has 6 heteroatoms. The summed E-state index contributed by atoms with van der Waals surface area (Å²) in [5, 5.41) is 4.90. The Morgan fingerprint density at radius 3 is 2.59 bits per heavy atom. The van der Waals surface area contributed by atoms with Gasteiger partial charge >= 0.3 is 0 Å². The topological polar surface area (TPSA) is 55.6 Å². The predicted molar refractivity (Wildman–Crippen MR) is 109 cm³/mol. The molecule has 1 N–H and O–H groups in total. The second-order valence-electron chi connectivity index (χ2n) is 6.33. The average molecular weight is 377 g/mol. The van der Waals surface area contributed by atoms with E-state index in [1.165, 1.54) is 5.56 Å². The van der Waals surface area contributed by atoms with Gasteiger partial charge in [-0.05, 0) is 31.2 Å². The van der Waals surface area contributed by atoms with E-state index in [0.717, 1.165) is 33.3 Å². The zero-order valence-corrected chi connectivity index (χ0v) is 15.9. The minimum absolute atomic E-state index is 0.0644. The van der Waals surface area contributed by atoms with Gasteiger partial charge in [-0.2, -0.15) is 0 Å². The lowest BCUT2D eigenvalue weighted by Gasteiger charge is -2.06. The van der Waals surface area contributed by atoms with Crippen LogP contribution >= 0.6 is 11.3 Å². The molecular weight excluding hydrogens is 358 g/mol. The van der Waals surface area contributed by atoms with Crippen molar-refractivity contribution >= 4 is 27.9 Å². The summed E-state index contributed by atoms with van der Waals surface area (Å²) in [4.78, 5) is 18.0. The number of carbonyl (C=O) groups is 1. The molecule has 0 spiro atoms. The van der Waals surface area contributed by atoms with Gasteiger partial charge in [0, 0.05) is 28.5 Å². The van der Waals surface area contributed by atoms with Gasteiger partial charge < -0.3 is 10.1 Å². The molecule has 2 heterocycles. The summed E-state index contributed by atoms with van der Waals surface area (Å²) >= 11 is 1.54. The number of benzene rings is 2. The highest BCUT2D eigenvalue weighted by Gasteiger charge is 2.13. The maximum Gasteiger partial charge on any atom is 0.230 e. The van der Waals surface area contributed by atoms with E-state index in [9.17, 15) is 4.79 Å². The highest BCUT2D eigenvalue weighted by Crippen LogP contribution is 2.24. The van der Waals surface area contributed by atoms with Crippen molar-refractivity contribution in [2.45, 2.75) is 13.3 Å². The molecule has 4 aromatic rings. The van der Waals surface area contributed by atoms with Gasteiger partial charge in [0.1, 0.15) is 5.75 Å². The minimum Gasteiger partial charge on any atom is -0.497 e. The van der Waals surface area contributed by atoms with E-state index in [1.807, 2.05) is 40.2 Å². The number of rotatable bonds is 5. The fraction of sp³-hybridized carbons (Fsp3) is 0.143. The van der Waals surface area contributed by atoms with E-state index >= 15 is 0 Å². The first-order chi connectivity index (χ1) is 13.1. The van der Waals surface area contributed by atoms with Gasteiger partial charge in [0.05, 0.1) is 19.2 Å². The molecule has 5 nitrogen and oxygen atoms in total. The third-order valence-electron chi connectivity index (χ3n) is 4.35. The van der Waals surface area contributed by atoms with Crippen molar-refractivity contribution in [2.24, 2.45) is 0 Å². The van der Waals surface area contributed by atoms with Gasteiger partial charge in [0.25, 0.3) is 0 Å². The van der Waals surface area contributed by atoms with Crippen LogP contribution in [0.15, 0.2) is 60.1 Å². The molecule has 0 bridgehead atoms. The number of imidazole rings is 1. The molecule has 1 amide bonds. The van der Waals surface area contributed by atoms with Crippen molar-refractivity contribution in [3.63, 3.8) is 0 Å². The number of nitrogens with zero attached hydrogens (tertiary/aromatic N) is 2. The third kappa shape index (κ3) is 3.71. The molecular formula is C21H19N3O2S. The number of methoxy groups -OCH3 is 1. The smallest absolute Gasteiger partial charge is 0.230 e. The number of anilines is 1. The van der Waals surface area contributed by atoms with E-state index in [4.69, 9.17) is 4.74 Å². The Kier molecular flexibility index (Phi) is 4.64. The summed E-state index contributed by atoms with van der Waals surface area (Å²) in [6.07, 6.45) is 2.28. The molecule has 0 aliphatic heterocycles. The second-order valence-corrected chi connectivity index (χ2v) is 7.16. The largest absolute Gasteiger partial charge is 0.497 e. The van der Waals surface area contributed by atoms with E-state index < -0.39 is 0 Å². The van der Waals surface area contributed by atoms with Gasteiger partial charge in [-0.3, -0.25) is 9.20 Å². The maximum absolute atomic E-state index is 12.4. The van der Waals surface area contributed by atoms with Crippen molar-refractivity contribution in [3.05, 3.63) is 71.4 Å². The number of amides is 1. The Labute approximate surface area is 161 Å². The van der Waals surface area contributed by atoms with Crippen LogP contribution in [0, 0.1) is 6.92 Å². The van der Waals surface area contributed by atoms with E-state index in [0.29, 0.717) is 0 Å². The lowest BCUT2D eigenvalue weighted by atomic mass is 10.1. The molecule has 2 aromatic carbocycles. The number of hydrogen-bond acceptors (Lipinski definition) is 4. The van der Waals surface area contributed by atoms with Gasteiger partial charge in [-0.25, -0.2) is 4.98 Å². The van der Waals surface area contributed by atoms with Crippen molar-refractivity contribution in [1.82, 2.24) is 9.38 Å². The molecule has 4 rings (SSSR count). The highest BCUT2D eigenvalue weighted by molar-refractivity contribution is 7.15. The molecule has 0 aliphatic carbocycles. The average Bonchev–Trinajstić information content (AvgIpc) is 3.25. The first-order valence-corrected chi connectivity index (χ1v) is 9.47. The number of ether oxygens (including phenoxy) is 1. The van der Waals surface area contributed by atoms with Crippen LogP contribution in [0.25, 0.3) is 16.2 Å². The van der Waals surface area contributed by atoms with Crippen molar-refractivity contribution in [1.29, 1.82) is 0 Å². The Balaban J connectivity index is 1.51. The molecule has 0 saturated heterocycles. The van der Waals surface area contributed by atoms with Crippen LogP contribution in [0.4, 0.5) is 5.69 Å². The normalized spacial score (nSPS) is 10.9. The van der Waals surface area contributed by atoms with Gasteiger partial charge in [0.15, 0.2) is 4.96 Å². The van der Waals surface area contributed by atoms with Crippen LogP contribution in [0.1, 0.15) is 11.3 Å². The monoisotopic (exact) mass is 377 g/mol. The second kappa shape index (κ2) is 7.25. The summed E-state index contributed by atoms with van der Waals surface area (Å²) in [6.45, 7) is 2.06. The Hall–Kier alpha value is -3.12. The SMILES string of the molecule is COc1ccc(NC(=O)Cc2csc3nc(-c4ccc(C)cc4)cn23)cc1. The lowest BCUT2D eigenvalue weighted by Crippen LogP contribution is -2.15. The number of carbonyl (C=O) groups excluding carboxylic acids is 1. The van der Waals surface area contributed by atoms with Crippen LogP contribution in [0.2, 0.25) is 0 Å². The molecule has 0 aliphatic rings. The predicted octanol–water partition coefficient (Wildman–Crippen LogP) is 4.56. The number of hydrogen-bond donors (Lipinski definition) is 1. The number of thiazole rings is 1. The van der Waals surface area contributed by atoms with Crippen molar-refractivity contribution < 1.29 is 9.53 Å².